The van der Waals surface area contributed by atoms with Crippen LogP contribution < -0.4 is 10.7 Å². The highest BCUT2D eigenvalue weighted by molar-refractivity contribution is 6.04. The molecule has 2 aromatic heterocycles. The molecule has 7 heteroatoms. The number of hydrogen-bond donors (Lipinski definition) is 1. The molecule has 24 heavy (non-hydrogen) atoms. The summed E-state index contributed by atoms with van der Waals surface area (Å²) >= 11 is 0. The van der Waals surface area contributed by atoms with Gasteiger partial charge in [-0.1, -0.05) is 0 Å². The maximum Gasteiger partial charge on any atom is 0.374 e. The van der Waals surface area contributed by atoms with Crippen molar-refractivity contribution in [1.82, 2.24) is 4.98 Å². The number of ether oxygens (including phenoxy) is 1. The molecule has 0 fully saturated rings. The Hall–Kier alpha value is -3.48. The molecule has 0 aliphatic heterocycles. The maximum atomic E-state index is 12.1. The normalized spacial score (nSPS) is 10.4. The van der Waals surface area contributed by atoms with Crippen LogP contribution in [-0.4, -0.2) is 24.0 Å². The molecule has 3 aromatic rings. The summed E-state index contributed by atoms with van der Waals surface area (Å²) in [4.78, 5) is 39.6. The largest absolute Gasteiger partial charge is 0.463 e. The van der Waals surface area contributed by atoms with Gasteiger partial charge in [0.15, 0.2) is 5.43 Å². The molecule has 7 nitrogen and oxygen atoms in total. The first kappa shape index (κ1) is 15.4. The second-order valence-corrected chi connectivity index (χ2v) is 4.87. The Kier molecular flexibility index (Phi) is 4.07. The highest BCUT2D eigenvalue weighted by Crippen LogP contribution is 2.18. The van der Waals surface area contributed by atoms with Gasteiger partial charge in [-0.15, -0.1) is 0 Å². The van der Waals surface area contributed by atoms with Crippen molar-refractivity contribution in [3.05, 3.63) is 70.3 Å². The lowest BCUT2D eigenvalue weighted by atomic mass is 10.2. The second-order valence-electron chi connectivity index (χ2n) is 4.87. The van der Waals surface area contributed by atoms with Gasteiger partial charge in [0.2, 0.25) is 5.76 Å². The maximum absolute atomic E-state index is 12.1. The summed E-state index contributed by atoms with van der Waals surface area (Å²) in [6.07, 6.45) is 3.00. The monoisotopic (exact) mass is 324 g/mol. The summed E-state index contributed by atoms with van der Waals surface area (Å²) < 4.78 is 9.87. The second kappa shape index (κ2) is 6.33. The van der Waals surface area contributed by atoms with Gasteiger partial charge in [-0.05, 0) is 30.3 Å². The van der Waals surface area contributed by atoms with Crippen LogP contribution in [-0.2, 0) is 4.74 Å². The first-order valence-electron chi connectivity index (χ1n) is 6.96. The number of fused-ring (bicyclic) bond motifs is 1. The molecule has 1 aromatic carbocycles. The Balaban J connectivity index is 1.94. The third kappa shape index (κ3) is 3.00. The predicted octanol–water partition coefficient (Wildman–Crippen LogP) is 2.23. The number of benzene rings is 1. The lowest BCUT2D eigenvalue weighted by Gasteiger charge is -2.06. The summed E-state index contributed by atoms with van der Waals surface area (Å²) in [7, 11) is 1.20. The molecule has 0 aliphatic rings. The molecular weight excluding hydrogens is 312 g/mol. The minimum Gasteiger partial charge on any atom is -0.463 e. The number of carbonyl (C=O) groups excluding carboxylic acids is 2. The Labute approximate surface area is 135 Å². The smallest absolute Gasteiger partial charge is 0.374 e. The van der Waals surface area contributed by atoms with Crippen LogP contribution in [0.15, 0.2) is 58.0 Å². The minimum atomic E-state index is -0.733. The minimum absolute atomic E-state index is 0.179. The summed E-state index contributed by atoms with van der Waals surface area (Å²) in [6, 6.07) is 8.89. The van der Waals surface area contributed by atoms with Crippen LogP contribution in [0.25, 0.3) is 11.0 Å². The molecule has 0 spiro atoms. The highest BCUT2D eigenvalue weighted by Gasteiger charge is 2.13. The molecule has 1 amide bonds. The molecule has 0 aliphatic carbocycles. The van der Waals surface area contributed by atoms with Gasteiger partial charge in [0, 0.05) is 24.1 Å². The Bertz CT molecular complexity index is 979. The highest BCUT2D eigenvalue weighted by atomic mass is 16.5. The SMILES string of the molecule is COC(=O)c1cc(=O)c2cc(NC(=O)c3cccnc3)ccc2o1. The van der Waals surface area contributed by atoms with E-state index in [0.29, 0.717) is 11.3 Å². The van der Waals surface area contributed by atoms with Gasteiger partial charge in [-0.3, -0.25) is 14.6 Å². The number of methoxy groups -OCH3 is 1. The van der Waals surface area contributed by atoms with Crippen LogP contribution in [0.2, 0.25) is 0 Å². The van der Waals surface area contributed by atoms with E-state index < -0.39 is 11.4 Å². The number of esters is 1. The number of pyridine rings is 1. The van der Waals surface area contributed by atoms with Crippen LogP contribution in [0.4, 0.5) is 5.69 Å². The van der Waals surface area contributed by atoms with Crippen molar-refractivity contribution in [2.24, 2.45) is 0 Å². The number of anilines is 1. The number of aromatic nitrogens is 1. The van der Waals surface area contributed by atoms with Crippen molar-refractivity contribution in [3.63, 3.8) is 0 Å². The molecular formula is C17H12N2O5. The molecule has 120 valence electrons. The molecule has 0 saturated heterocycles. The fourth-order valence-corrected chi connectivity index (χ4v) is 2.14. The van der Waals surface area contributed by atoms with Crippen molar-refractivity contribution >= 4 is 28.5 Å². The van der Waals surface area contributed by atoms with E-state index in [2.05, 4.69) is 15.0 Å². The average molecular weight is 324 g/mol. The lowest BCUT2D eigenvalue weighted by molar-refractivity contribution is 0.0565. The number of nitrogens with zero attached hydrogens (tertiary/aromatic N) is 1. The van der Waals surface area contributed by atoms with Crippen molar-refractivity contribution in [1.29, 1.82) is 0 Å². The van der Waals surface area contributed by atoms with Crippen LogP contribution in [0.3, 0.4) is 0 Å². The summed E-state index contributed by atoms with van der Waals surface area (Å²) in [5.74, 6) is -1.26. The number of amides is 1. The first-order valence-corrected chi connectivity index (χ1v) is 6.96. The van der Waals surface area contributed by atoms with Crippen LogP contribution in [0, 0.1) is 0 Å². The van der Waals surface area contributed by atoms with Gasteiger partial charge in [0.1, 0.15) is 5.58 Å². The van der Waals surface area contributed by atoms with E-state index in [4.69, 9.17) is 4.42 Å². The fraction of sp³-hybridized carbons (Fsp3) is 0.0588. The first-order chi connectivity index (χ1) is 11.6. The van der Waals surface area contributed by atoms with Gasteiger partial charge in [0.25, 0.3) is 5.91 Å². The zero-order valence-electron chi connectivity index (χ0n) is 12.6. The van der Waals surface area contributed by atoms with E-state index in [1.54, 1.807) is 24.4 Å². The number of rotatable bonds is 3. The number of carbonyl (C=O) groups is 2. The predicted molar refractivity (Wildman–Crippen MR) is 86.0 cm³/mol. The van der Waals surface area contributed by atoms with Crippen molar-refractivity contribution < 1.29 is 18.7 Å². The van der Waals surface area contributed by atoms with Crippen LogP contribution in [0.1, 0.15) is 20.9 Å². The van der Waals surface area contributed by atoms with E-state index in [1.807, 2.05) is 0 Å². The summed E-state index contributed by atoms with van der Waals surface area (Å²) in [5, 5.41) is 2.92. The molecule has 0 atom stereocenters. The van der Waals surface area contributed by atoms with Gasteiger partial charge < -0.3 is 14.5 Å². The number of nitrogens with one attached hydrogen (secondary N) is 1. The number of hydrogen-bond acceptors (Lipinski definition) is 6. The van der Waals surface area contributed by atoms with Gasteiger partial charge in [0.05, 0.1) is 18.1 Å². The zero-order valence-corrected chi connectivity index (χ0v) is 12.6. The van der Waals surface area contributed by atoms with Crippen molar-refractivity contribution in [3.8, 4) is 0 Å². The molecule has 0 bridgehead atoms. The van der Waals surface area contributed by atoms with Gasteiger partial charge >= 0.3 is 5.97 Å². The van der Waals surface area contributed by atoms with Gasteiger partial charge in [-0.2, -0.15) is 0 Å². The van der Waals surface area contributed by atoms with E-state index in [9.17, 15) is 14.4 Å². The standard InChI is InChI=1S/C17H12N2O5/c1-23-17(22)15-8-13(20)12-7-11(4-5-14(12)24-15)19-16(21)10-3-2-6-18-9-10/h2-9H,1H3,(H,19,21). The Morgan fingerprint density at radius 3 is 2.75 bits per heavy atom. The molecule has 3 rings (SSSR count). The van der Waals surface area contributed by atoms with E-state index in [0.717, 1.165) is 6.07 Å². The summed E-state index contributed by atoms with van der Waals surface area (Å²) in [6.45, 7) is 0. The molecule has 0 saturated carbocycles. The quantitative estimate of drug-likeness (QED) is 0.742. The Morgan fingerprint density at radius 2 is 2.04 bits per heavy atom. The Morgan fingerprint density at radius 1 is 1.21 bits per heavy atom. The van der Waals surface area contributed by atoms with E-state index in [-0.39, 0.29) is 22.6 Å². The van der Waals surface area contributed by atoms with Crippen molar-refractivity contribution in [2.75, 3.05) is 12.4 Å². The third-order valence-electron chi connectivity index (χ3n) is 3.30. The van der Waals surface area contributed by atoms with Gasteiger partial charge in [-0.25, -0.2) is 4.79 Å². The molecule has 2 heterocycles. The van der Waals surface area contributed by atoms with Crippen molar-refractivity contribution in [2.45, 2.75) is 0 Å². The van der Waals surface area contributed by atoms with Crippen LogP contribution in [0.5, 0.6) is 0 Å². The average Bonchev–Trinajstić information content (AvgIpc) is 2.62. The fourth-order valence-electron chi connectivity index (χ4n) is 2.14. The van der Waals surface area contributed by atoms with E-state index >= 15 is 0 Å². The topological polar surface area (TPSA) is 98.5 Å². The lowest BCUT2D eigenvalue weighted by Crippen LogP contribution is -2.13. The molecule has 0 unspecified atom stereocenters. The van der Waals surface area contributed by atoms with Crippen LogP contribution >= 0.6 is 0 Å². The molecule has 0 radical (unpaired) electrons. The van der Waals surface area contributed by atoms with E-state index in [1.165, 1.54) is 25.4 Å². The summed E-state index contributed by atoms with van der Waals surface area (Å²) in [5.41, 5.74) is 0.636. The zero-order chi connectivity index (χ0) is 17.1. The third-order valence-corrected chi connectivity index (χ3v) is 3.30. The molecule has 1 N–H and O–H groups in total.